The van der Waals surface area contributed by atoms with Gasteiger partial charge in [-0.1, -0.05) is 96.5 Å². The number of imide groups is 1. The van der Waals surface area contributed by atoms with Crippen LogP contribution in [-0.2, 0) is 35.9 Å². The number of urea groups is 1. The predicted molar refractivity (Wildman–Crippen MR) is 165 cm³/mol. The molecule has 3 amide bonds. The fourth-order valence-corrected chi connectivity index (χ4v) is 6.25. The molecule has 9 heteroatoms. The van der Waals surface area contributed by atoms with Crippen molar-refractivity contribution in [1.29, 1.82) is 0 Å². The second-order valence-electron chi connectivity index (χ2n) is 10.5. The lowest BCUT2D eigenvalue weighted by atomic mass is 9.69. The first kappa shape index (κ1) is 28.9. The second kappa shape index (κ2) is 11.8. The quantitative estimate of drug-likeness (QED) is 0.254. The van der Waals surface area contributed by atoms with Crippen LogP contribution in [0, 0.1) is 5.92 Å². The molecule has 3 atom stereocenters. The van der Waals surface area contributed by atoms with Crippen LogP contribution in [0.4, 0.5) is 16.2 Å². The molecule has 6 rings (SSSR count). The number of rotatable bonds is 6. The minimum absolute atomic E-state index is 0.0544. The van der Waals surface area contributed by atoms with Crippen molar-refractivity contribution in [2.45, 2.75) is 17.9 Å². The Hall–Kier alpha value is -5.21. The van der Waals surface area contributed by atoms with Gasteiger partial charge in [0, 0.05) is 22.2 Å². The smallest absolute Gasteiger partial charge is 0.334 e. The number of methoxy groups -OCH3 is 1. The van der Waals surface area contributed by atoms with E-state index in [9.17, 15) is 19.2 Å². The van der Waals surface area contributed by atoms with E-state index in [1.165, 1.54) is 13.2 Å². The maximum absolute atomic E-state index is 14.7. The number of anilines is 2. The molecule has 0 radical (unpaired) electrons. The van der Waals surface area contributed by atoms with E-state index in [1.54, 1.807) is 78.9 Å². The summed E-state index contributed by atoms with van der Waals surface area (Å²) < 4.78 is 11.0. The molecule has 220 valence electrons. The summed E-state index contributed by atoms with van der Waals surface area (Å²) >= 11 is 6.19. The fraction of sp³-hybridized carbons (Fsp3) is 0.143. The number of fused-ring (bicyclic) bond motifs is 2. The van der Waals surface area contributed by atoms with Crippen molar-refractivity contribution >= 4 is 46.9 Å². The number of ether oxygens (including phenoxy) is 2. The molecular formula is C35H27ClN2O6. The summed E-state index contributed by atoms with van der Waals surface area (Å²) in [6.07, 6.45) is 1.48. The van der Waals surface area contributed by atoms with Gasteiger partial charge in [0.25, 0.3) is 5.91 Å². The molecule has 0 fully saturated rings. The number of benzene rings is 4. The highest BCUT2D eigenvalue weighted by Crippen LogP contribution is 2.58. The number of halogens is 1. The van der Waals surface area contributed by atoms with Crippen molar-refractivity contribution in [2.24, 2.45) is 5.92 Å². The van der Waals surface area contributed by atoms with Crippen molar-refractivity contribution in [3.8, 4) is 0 Å². The van der Waals surface area contributed by atoms with E-state index in [0.29, 0.717) is 27.5 Å². The Labute approximate surface area is 258 Å². The normalized spacial score (nSPS) is 20.2. The van der Waals surface area contributed by atoms with E-state index in [0.717, 1.165) is 10.5 Å². The Bertz CT molecular complexity index is 1770. The Morgan fingerprint density at radius 1 is 0.864 bits per heavy atom. The summed E-state index contributed by atoms with van der Waals surface area (Å²) in [5, 5.41) is 3.23. The average Bonchev–Trinajstić information content (AvgIpc) is 3.54. The maximum atomic E-state index is 14.7. The van der Waals surface area contributed by atoms with Gasteiger partial charge in [0.2, 0.25) is 0 Å². The molecule has 4 aromatic carbocycles. The number of nitrogens with one attached hydrogen (secondary N) is 1. The zero-order chi connectivity index (χ0) is 30.8. The summed E-state index contributed by atoms with van der Waals surface area (Å²) in [7, 11) is 1.24. The van der Waals surface area contributed by atoms with Crippen LogP contribution in [-0.4, -0.2) is 31.0 Å². The summed E-state index contributed by atoms with van der Waals surface area (Å²) in [6, 6.07) is 30.6. The first-order valence-electron chi connectivity index (χ1n) is 13.9. The van der Waals surface area contributed by atoms with Gasteiger partial charge in [-0.2, -0.15) is 0 Å². The Balaban J connectivity index is 1.51. The van der Waals surface area contributed by atoms with Crippen LogP contribution in [0.25, 0.3) is 0 Å². The van der Waals surface area contributed by atoms with Gasteiger partial charge in [-0.05, 0) is 47.0 Å². The lowest BCUT2D eigenvalue weighted by Gasteiger charge is -2.32. The summed E-state index contributed by atoms with van der Waals surface area (Å²) in [5.41, 5.74) is 0.827. The van der Waals surface area contributed by atoms with Crippen LogP contribution < -0.4 is 10.2 Å². The van der Waals surface area contributed by atoms with Crippen molar-refractivity contribution in [3.05, 3.63) is 143 Å². The van der Waals surface area contributed by atoms with Gasteiger partial charge in [0.05, 0.1) is 18.7 Å². The lowest BCUT2D eigenvalue weighted by Crippen LogP contribution is -2.49. The minimum atomic E-state index is -1.76. The van der Waals surface area contributed by atoms with Gasteiger partial charge in [0.15, 0.2) is 0 Å². The van der Waals surface area contributed by atoms with Gasteiger partial charge in [-0.25, -0.2) is 14.5 Å². The maximum Gasteiger partial charge on any atom is 0.334 e. The SMILES string of the molecule is COC(=O)C1=C[C@]2(C(=O)N(C(=O)Nc3ccccc3)c3ccccc32)[C@@H](C(=O)OCc2ccccc2)[C@@H]1c1ccc(Cl)cc1. The van der Waals surface area contributed by atoms with Crippen LogP contribution in [0.1, 0.15) is 22.6 Å². The molecule has 1 N–H and O–H groups in total. The van der Waals surface area contributed by atoms with E-state index in [4.69, 9.17) is 21.1 Å². The van der Waals surface area contributed by atoms with Gasteiger partial charge in [0.1, 0.15) is 12.0 Å². The van der Waals surface area contributed by atoms with Gasteiger partial charge >= 0.3 is 18.0 Å². The van der Waals surface area contributed by atoms with E-state index in [1.807, 2.05) is 30.3 Å². The van der Waals surface area contributed by atoms with E-state index < -0.39 is 41.1 Å². The monoisotopic (exact) mass is 606 g/mol. The highest BCUT2D eigenvalue weighted by molar-refractivity contribution is 6.30. The van der Waals surface area contributed by atoms with Crippen LogP contribution in [0.3, 0.4) is 0 Å². The lowest BCUT2D eigenvalue weighted by molar-refractivity contribution is -0.154. The molecule has 0 unspecified atom stereocenters. The largest absolute Gasteiger partial charge is 0.466 e. The zero-order valence-electron chi connectivity index (χ0n) is 23.6. The van der Waals surface area contributed by atoms with Crippen LogP contribution in [0.2, 0.25) is 5.02 Å². The molecule has 0 aromatic heterocycles. The second-order valence-corrected chi connectivity index (χ2v) is 11.0. The number of hydrogen-bond acceptors (Lipinski definition) is 6. The summed E-state index contributed by atoms with van der Waals surface area (Å²) in [6.45, 7) is -0.0544. The van der Waals surface area contributed by atoms with E-state index in [-0.39, 0.29) is 12.2 Å². The standard InChI is InChI=1S/C35H27ClN2O6/c1-43-31(39)26-20-35(27-14-8-9-15-28(27)38(33(35)41)34(42)37-25-12-6-3-7-13-25)30(29(26)23-16-18-24(36)19-17-23)32(40)44-21-22-10-4-2-5-11-22/h2-20,29-30H,21H2,1H3,(H,37,42)/t29-,30-,35-/m1/s1. The number of carbonyl (C=O) groups is 4. The Morgan fingerprint density at radius 2 is 1.50 bits per heavy atom. The molecular weight excluding hydrogens is 580 g/mol. The Kier molecular flexibility index (Phi) is 7.76. The van der Waals surface area contributed by atoms with Crippen LogP contribution in [0.5, 0.6) is 0 Å². The third-order valence-corrected chi connectivity index (χ3v) is 8.30. The molecule has 1 spiro atoms. The van der Waals surface area contributed by atoms with Crippen molar-refractivity contribution in [3.63, 3.8) is 0 Å². The minimum Gasteiger partial charge on any atom is -0.466 e. The molecule has 1 aliphatic carbocycles. The third kappa shape index (κ3) is 4.93. The molecule has 1 heterocycles. The number of amides is 3. The number of hydrogen-bond donors (Lipinski definition) is 1. The average molecular weight is 607 g/mol. The van der Waals surface area contributed by atoms with Crippen LogP contribution >= 0.6 is 11.6 Å². The molecule has 0 saturated heterocycles. The van der Waals surface area contributed by atoms with Gasteiger partial charge < -0.3 is 14.8 Å². The molecule has 1 aliphatic heterocycles. The predicted octanol–water partition coefficient (Wildman–Crippen LogP) is 6.41. The molecule has 0 saturated carbocycles. The number of nitrogens with zero attached hydrogens (tertiary/aromatic N) is 1. The molecule has 4 aromatic rings. The van der Waals surface area contributed by atoms with Crippen molar-refractivity contribution < 1.29 is 28.7 Å². The number of esters is 2. The zero-order valence-corrected chi connectivity index (χ0v) is 24.4. The Morgan fingerprint density at radius 3 is 2.18 bits per heavy atom. The molecule has 8 nitrogen and oxygen atoms in total. The topological polar surface area (TPSA) is 102 Å². The summed E-state index contributed by atoms with van der Waals surface area (Å²) in [5.74, 6) is -4.31. The van der Waals surface area contributed by atoms with Crippen LogP contribution in [0.15, 0.2) is 121 Å². The molecule has 0 bridgehead atoms. The van der Waals surface area contributed by atoms with Crippen molar-refractivity contribution in [2.75, 3.05) is 17.3 Å². The van der Waals surface area contributed by atoms with Gasteiger partial charge in [-0.15, -0.1) is 0 Å². The first-order chi connectivity index (χ1) is 21.3. The van der Waals surface area contributed by atoms with E-state index in [2.05, 4.69) is 5.32 Å². The summed E-state index contributed by atoms with van der Waals surface area (Å²) in [4.78, 5) is 57.1. The third-order valence-electron chi connectivity index (χ3n) is 8.05. The highest BCUT2D eigenvalue weighted by atomic mass is 35.5. The highest BCUT2D eigenvalue weighted by Gasteiger charge is 2.65. The molecule has 2 aliphatic rings. The van der Waals surface area contributed by atoms with E-state index >= 15 is 0 Å². The number of para-hydroxylation sites is 2. The van der Waals surface area contributed by atoms with Crippen molar-refractivity contribution in [1.82, 2.24) is 0 Å². The first-order valence-corrected chi connectivity index (χ1v) is 14.3. The molecule has 44 heavy (non-hydrogen) atoms. The fourth-order valence-electron chi connectivity index (χ4n) is 6.12. The van der Waals surface area contributed by atoms with Gasteiger partial charge in [-0.3, -0.25) is 9.59 Å². The number of carbonyl (C=O) groups excluding carboxylic acids is 4.